The summed E-state index contributed by atoms with van der Waals surface area (Å²) in [5.41, 5.74) is 0.992. The van der Waals surface area contributed by atoms with E-state index in [9.17, 15) is 14.0 Å². The molecule has 0 aliphatic heterocycles. The predicted octanol–water partition coefficient (Wildman–Crippen LogP) is 4.40. The molecule has 2 heterocycles. The predicted molar refractivity (Wildman–Crippen MR) is 120 cm³/mol. The van der Waals surface area contributed by atoms with E-state index in [4.69, 9.17) is 23.2 Å². The lowest BCUT2D eigenvalue weighted by Gasteiger charge is -2.14. The van der Waals surface area contributed by atoms with Gasteiger partial charge in [-0.25, -0.2) is 9.18 Å². The average Bonchev–Trinajstić information content (AvgIpc) is 3.56. The van der Waals surface area contributed by atoms with Gasteiger partial charge in [0, 0.05) is 17.7 Å². The number of carbonyl (C=O) groups excluding carboxylic acids is 2. The van der Waals surface area contributed by atoms with Crippen LogP contribution in [0.4, 0.5) is 10.1 Å². The number of halogens is 1. The van der Waals surface area contributed by atoms with Crippen molar-refractivity contribution in [2.24, 2.45) is 0 Å². The van der Waals surface area contributed by atoms with Gasteiger partial charge in [-0.1, -0.05) is 17.3 Å². The third kappa shape index (κ3) is 5.13. The number of hydrogen-bond acceptors (Lipinski definition) is 9. The van der Waals surface area contributed by atoms with Gasteiger partial charge in [0.1, 0.15) is 5.82 Å². The molecule has 2 aromatic carbocycles. The zero-order valence-electron chi connectivity index (χ0n) is 19.0. The number of furan rings is 1. The Morgan fingerprint density at radius 1 is 1.09 bits per heavy atom. The van der Waals surface area contributed by atoms with Gasteiger partial charge < -0.3 is 28.5 Å². The second-order valence-corrected chi connectivity index (χ2v) is 7.24. The highest BCUT2D eigenvalue weighted by Gasteiger charge is 2.22. The summed E-state index contributed by atoms with van der Waals surface area (Å²) in [5, 5.41) is 6.39. The van der Waals surface area contributed by atoms with E-state index < -0.39 is 17.7 Å². The molecule has 1 N–H and O–H groups in total. The van der Waals surface area contributed by atoms with Crippen LogP contribution in [0, 0.1) is 12.7 Å². The molecule has 10 nitrogen and oxygen atoms in total. The third-order valence-corrected chi connectivity index (χ3v) is 4.96. The number of nitrogens with zero attached hydrogens (tertiary/aromatic N) is 2. The molecule has 1 amide bonds. The Labute approximate surface area is 198 Å². The molecule has 35 heavy (non-hydrogen) atoms. The number of ether oxygens (including phenoxy) is 3. The third-order valence-electron chi connectivity index (χ3n) is 4.96. The summed E-state index contributed by atoms with van der Waals surface area (Å²) in [6, 6.07) is 10.4. The first-order chi connectivity index (χ1) is 16.9. The Balaban J connectivity index is 1.54. The van der Waals surface area contributed by atoms with Crippen molar-refractivity contribution in [3.05, 3.63) is 77.3 Å². The van der Waals surface area contributed by atoms with Crippen molar-refractivity contribution in [1.82, 2.24) is 10.1 Å². The van der Waals surface area contributed by atoms with Gasteiger partial charge in [0.05, 0.1) is 31.7 Å². The van der Waals surface area contributed by atoms with E-state index in [0.29, 0.717) is 11.1 Å². The first kappa shape index (κ1) is 23.5. The molecule has 0 radical (unpaired) electrons. The summed E-state index contributed by atoms with van der Waals surface area (Å²) in [6.07, 6.45) is 1.35. The molecular weight excluding hydrogens is 461 g/mol. The Morgan fingerprint density at radius 3 is 2.54 bits per heavy atom. The second-order valence-electron chi connectivity index (χ2n) is 7.24. The zero-order valence-corrected chi connectivity index (χ0v) is 19.0. The van der Waals surface area contributed by atoms with Gasteiger partial charge in [-0.3, -0.25) is 4.79 Å². The summed E-state index contributed by atoms with van der Waals surface area (Å²) in [7, 11) is 2.82. The molecule has 0 saturated carbocycles. The van der Waals surface area contributed by atoms with E-state index in [1.54, 1.807) is 25.1 Å². The highest BCUT2D eigenvalue weighted by Crippen LogP contribution is 2.34. The van der Waals surface area contributed by atoms with Crippen molar-refractivity contribution in [3.8, 4) is 22.9 Å². The van der Waals surface area contributed by atoms with E-state index in [-0.39, 0.29) is 46.8 Å². The summed E-state index contributed by atoms with van der Waals surface area (Å²) >= 11 is 0. The number of anilines is 1. The van der Waals surface area contributed by atoms with Crippen LogP contribution in [0.2, 0.25) is 0 Å². The van der Waals surface area contributed by atoms with Crippen LogP contribution in [0.25, 0.3) is 11.4 Å². The van der Waals surface area contributed by atoms with Crippen molar-refractivity contribution in [2.45, 2.75) is 13.5 Å². The standard InChI is InChI=1S/C24H20FN3O7/c1-13-6-7-14(9-16(13)25)22-27-21(35-28-22)12-34-24(30)15-10-19(31-2)20(32-3)11-17(15)26-23(29)18-5-4-8-33-18/h4-11H,12H2,1-3H3,(H,26,29). The van der Waals surface area contributed by atoms with Crippen LogP contribution < -0.4 is 14.8 Å². The van der Waals surface area contributed by atoms with Crippen LogP contribution in [0.15, 0.2) is 57.7 Å². The van der Waals surface area contributed by atoms with E-state index in [0.717, 1.165) is 0 Å². The van der Waals surface area contributed by atoms with Gasteiger partial charge in [0.2, 0.25) is 5.82 Å². The van der Waals surface area contributed by atoms with Crippen LogP contribution in [0.3, 0.4) is 0 Å². The van der Waals surface area contributed by atoms with Gasteiger partial charge in [0.15, 0.2) is 23.9 Å². The summed E-state index contributed by atoms with van der Waals surface area (Å²) < 4.78 is 39.9. The van der Waals surface area contributed by atoms with E-state index in [2.05, 4.69) is 15.5 Å². The average molecular weight is 481 g/mol. The largest absolute Gasteiger partial charge is 0.493 e. The number of carbonyl (C=O) groups is 2. The first-order valence-corrected chi connectivity index (χ1v) is 10.3. The Bertz CT molecular complexity index is 1370. The molecule has 0 spiro atoms. The normalized spacial score (nSPS) is 10.6. The number of esters is 1. The van der Waals surface area contributed by atoms with E-state index >= 15 is 0 Å². The minimum atomic E-state index is -0.804. The highest BCUT2D eigenvalue weighted by molar-refractivity contribution is 6.07. The van der Waals surface area contributed by atoms with Crippen LogP contribution >= 0.6 is 0 Å². The molecule has 0 unspecified atom stereocenters. The van der Waals surface area contributed by atoms with Crippen molar-refractivity contribution in [3.63, 3.8) is 0 Å². The summed E-state index contributed by atoms with van der Waals surface area (Å²) in [5.74, 6) is -1.07. The van der Waals surface area contributed by atoms with Crippen LogP contribution in [0.1, 0.15) is 32.4 Å². The van der Waals surface area contributed by atoms with Gasteiger partial charge in [-0.15, -0.1) is 0 Å². The molecule has 4 rings (SSSR count). The Kier molecular flexibility index (Phi) is 6.76. The minimum absolute atomic E-state index is 0.00372. The number of aromatic nitrogens is 2. The van der Waals surface area contributed by atoms with Crippen LogP contribution in [0.5, 0.6) is 11.5 Å². The van der Waals surface area contributed by atoms with Gasteiger partial charge in [0.25, 0.3) is 11.8 Å². The fourth-order valence-corrected chi connectivity index (χ4v) is 3.11. The lowest BCUT2D eigenvalue weighted by molar-refractivity contribution is 0.0430. The Morgan fingerprint density at radius 2 is 1.86 bits per heavy atom. The molecule has 0 saturated heterocycles. The molecule has 0 aliphatic carbocycles. The molecular formula is C24H20FN3O7. The van der Waals surface area contributed by atoms with Crippen molar-refractivity contribution >= 4 is 17.6 Å². The molecule has 11 heteroatoms. The van der Waals surface area contributed by atoms with E-state index in [1.165, 1.54) is 44.7 Å². The summed E-state index contributed by atoms with van der Waals surface area (Å²) in [6.45, 7) is 1.28. The number of benzene rings is 2. The fourth-order valence-electron chi connectivity index (χ4n) is 3.11. The maximum Gasteiger partial charge on any atom is 0.340 e. The molecule has 4 aromatic rings. The topological polar surface area (TPSA) is 126 Å². The van der Waals surface area contributed by atoms with Crippen LogP contribution in [-0.4, -0.2) is 36.2 Å². The zero-order chi connectivity index (χ0) is 24.9. The van der Waals surface area contributed by atoms with Gasteiger partial charge >= 0.3 is 5.97 Å². The molecule has 180 valence electrons. The van der Waals surface area contributed by atoms with Gasteiger partial charge in [-0.05, 0) is 30.7 Å². The number of hydrogen-bond donors (Lipinski definition) is 1. The number of rotatable bonds is 8. The molecule has 0 bridgehead atoms. The van der Waals surface area contributed by atoms with Crippen molar-refractivity contribution in [1.29, 1.82) is 0 Å². The Hall–Kier alpha value is -4.67. The lowest BCUT2D eigenvalue weighted by Crippen LogP contribution is -2.16. The van der Waals surface area contributed by atoms with Crippen molar-refractivity contribution in [2.75, 3.05) is 19.5 Å². The van der Waals surface area contributed by atoms with Gasteiger partial charge in [-0.2, -0.15) is 4.98 Å². The maximum absolute atomic E-state index is 13.8. The minimum Gasteiger partial charge on any atom is -0.493 e. The SMILES string of the molecule is COc1cc(NC(=O)c2ccco2)c(C(=O)OCc2nc(-c3ccc(C)c(F)c3)no2)cc1OC. The lowest BCUT2D eigenvalue weighted by atomic mass is 10.1. The number of amides is 1. The quantitative estimate of drug-likeness (QED) is 0.364. The number of nitrogens with one attached hydrogen (secondary N) is 1. The number of aryl methyl sites for hydroxylation is 1. The number of methoxy groups -OCH3 is 2. The molecule has 2 aromatic heterocycles. The summed E-state index contributed by atoms with van der Waals surface area (Å²) in [4.78, 5) is 29.5. The highest BCUT2D eigenvalue weighted by atomic mass is 19.1. The van der Waals surface area contributed by atoms with E-state index in [1.807, 2.05) is 0 Å². The monoisotopic (exact) mass is 481 g/mol. The maximum atomic E-state index is 13.8. The van der Waals surface area contributed by atoms with Crippen molar-refractivity contribution < 1.29 is 37.1 Å². The smallest absolute Gasteiger partial charge is 0.340 e. The first-order valence-electron chi connectivity index (χ1n) is 10.3. The molecule has 0 aliphatic rings. The molecule has 0 fully saturated rings. The fraction of sp³-hybridized carbons (Fsp3) is 0.167. The molecule has 0 atom stereocenters. The second kappa shape index (κ2) is 10.1. The van der Waals surface area contributed by atoms with Crippen LogP contribution in [-0.2, 0) is 11.3 Å².